The van der Waals surface area contributed by atoms with Crippen LogP contribution in [0.25, 0.3) is 73.7 Å². The Morgan fingerprint density at radius 2 is 1.03 bits per heavy atom. The fourth-order valence-corrected chi connectivity index (χ4v) is 14.4. The normalized spacial score (nSPS) is 13.7. The Morgan fingerprint density at radius 1 is 0.446 bits per heavy atom. The van der Waals surface area contributed by atoms with Gasteiger partial charge in [-0.2, -0.15) is 0 Å². The second-order valence-corrected chi connectivity index (χ2v) is 23.3. The Labute approximate surface area is 439 Å². The zero-order valence-electron chi connectivity index (χ0n) is 41.6. The molecule has 15 rings (SSSR count). The minimum Gasteiger partial charge on any atom is -0.486 e. The standard InChI is InChI=1S/C67H49BN2O2S2/c1-40-34-57-64-58(35-40)70(55-30-23-46(67(2,3)4)39-52(55)42-12-6-5-7-13-42)65-53(28-31-59-66(65)72-33-32-71-59)68(64)54-36-43(45-21-27-51-49-15-9-11-17-61(49)74-63(51)38-45)22-29-56(54)69(57)47-24-18-41(19-25-47)44-20-26-50-48-14-8-10-16-60(48)73-62(50)37-44/h5-31,34-39H,32-33H2,1-4H3. The van der Waals surface area contributed by atoms with E-state index >= 15 is 0 Å². The fraction of sp³-hybridized carbons (Fsp3) is 0.104. The molecule has 2 aromatic heterocycles. The summed E-state index contributed by atoms with van der Waals surface area (Å²) in [6.45, 7) is 10.0. The molecule has 0 N–H and O–H groups in total. The summed E-state index contributed by atoms with van der Waals surface area (Å²) in [5, 5.41) is 5.25. The van der Waals surface area contributed by atoms with Gasteiger partial charge in [0.25, 0.3) is 6.71 Å². The molecule has 4 nitrogen and oxygen atoms in total. The van der Waals surface area contributed by atoms with Crippen molar-refractivity contribution in [1.29, 1.82) is 0 Å². The van der Waals surface area contributed by atoms with Gasteiger partial charge in [-0.3, -0.25) is 0 Å². The average molecular weight is 989 g/mol. The zero-order valence-corrected chi connectivity index (χ0v) is 43.2. The van der Waals surface area contributed by atoms with Gasteiger partial charge in [0.2, 0.25) is 0 Å². The molecule has 0 atom stereocenters. The predicted molar refractivity (Wildman–Crippen MR) is 317 cm³/mol. The quantitative estimate of drug-likeness (QED) is 0.160. The molecule has 10 aromatic carbocycles. The van der Waals surface area contributed by atoms with Crippen molar-refractivity contribution in [2.24, 2.45) is 0 Å². The van der Waals surface area contributed by atoms with Crippen LogP contribution in [0.4, 0.5) is 34.1 Å². The Hall–Kier alpha value is -8.10. The van der Waals surface area contributed by atoms with Crippen LogP contribution in [0.1, 0.15) is 31.9 Å². The lowest BCUT2D eigenvalue weighted by Gasteiger charge is -2.45. The van der Waals surface area contributed by atoms with E-state index in [2.05, 4.69) is 238 Å². The average Bonchev–Trinajstić information content (AvgIpc) is 4.04. The fourth-order valence-electron chi connectivity index (χ4n) is 12.1. The van der Waals surface area contributed by atoms with Crippen molar-refractivity contribution < 1.29 is 9.47 Å². The summed E-state index contributed by atoms with van der Waals surface area (Å²) in [7, 11) is 0. The summed E-state index contributed by atoms with van der Waals surface area (Å²) >= 11 is 3.74. The first-order chi connectivity index (χ1) is 36.2. The molecule has 0 bridgehead atoms. The van der Waals surface area contributed by atoms with Crippen molar-refractivity contribution in [3.05, 3.63) is 211 Å². The number of nitrogens with zero attached hydrogens (tertiary/aromatic N) is 2. The van der Waals surface area contributed by atoms with E-state index in [1.165, 1.54) is 113 Å². The van der Waals surface area contributed by atoms with Gasteiger partial charge in [-0.05, 0) is 140 Å². The highest BCUT2D eigenvalue weighted by molar-refractivity contribution is 7.26. The van der Waals surface area contributed by atoms with Gasteiger partial charge in [-0.1, -0.05) is 148 Å². The molecule has 3 aliphatic rings. The van der Waals surface area contributed by atoms with Crippen molar-refractivity contribution >= 4 is 120 Å². The van der Waals surface area contributed by atoms with E-state index in [9.17, 15) is 0 Å². The number of hydrogen-bond donors (Lipinski definition) is 0. The number of fused-ring (bicyclic) bond motifs is 12. The molecule has 0 spiro atoms. The Bertz CT molecular complexity index is 4280. The highest BCUT2D eigenvalue weighted by Gasteiger charge is 2.46. The molecule has 0 amide bonds. The zero-order chi connectivity index (χ0) is 49.4. The van der Waals surface area contributed by atoms with Crippen LogP contribution < -0.4 is 35.7 Å². The minimum absolute atomic E-state index is 0.0596. The van der Waals surface area contributed by atoms with Crippen LogP contribution in [-0.4, -0.2) is 19.9 Å². The van der Waals surface area contributed by atoms with E-state index in [1.807, 2.05) is 22.7 Å². The first-order valence-corrected chi connectivity index (χ1v) is 27.3. The van der Waals surface area contributed by atoms with Gasteiger partial charge in [0.05, 0.1) is 11.4 Å². The molecule has 0 aliphatic carbocycles. The maximum absolute atomic E-state index is 6.83. The maximum Gasteiger partial charge on any atom is 0.252 e. The van der Waals surface area contributed by atoms with Crippen LogP contribution in [0.5, 0.6) is 11.5 Å². The number of ether oxygens (including phenoxy) is 2. The lowest BCUT2D eigenvalue weighted by molar-refractivity contribution is 0.172. The summed E-state index contributed by atoms with van der Waals surface area (Å²) in [6.07, 6.45) is 0. The van der Waals surface area contributed by atoms with E-state index in [-0.39, 0.29) is 12.1 Å². The third-order valence-electron chi connectivity index (χ3n) is 15.6. The molecular formula is C67H49BN2O2S2. The maximum atomic E-state index is 6.83. The van der Waals surface area contributed by atoms with Crippen molar-refractivity contribution in [3.8, 4) is 44.9 Å². The topological polar surface area (TPSA) is 24.9 Å². The third kappa shape index (κ3) is 6.73. The smallest absolute Gasteiger partial charge is 0.252 e. The number of thiophene rings is 2. The van der Waals surface area contributed by atoms with Gasteiger partial charge in [-0.15, -0.1) is 22.7 Å². The van der Waals surface area contributed by atoms with Crippen LogP contribution in [0.2, 0.25) is 0 Å². The summed E-state index contributed by atoms with van der Waals surface area (Å²) in [4.78, 5) is 5.03. The highest BCUT2D eigenvalue weighted by atomic mass is 32.1. The van der Waals surface area contributed by atoms with Gasteiger partial charge in [0.1, 0.15) is 13.2 Å². The largest absolute Gasteiger partial charge is 0.486 e. The first-order valence-electron chi connectivity index (χ1n) is 25.7. The van der Waals surface area contributed by atoms with Gasteiger partial charge in [0.15, 0.2) is 11.5 Å². The minimum atomic E-state index is -0.122. The van der Waals surface area contributed by atoms with Crippen molar-refractivity contribution in [3.63, 3.8) is 0 Å². The Morgan fingerprint density at radius 3 is 1.73 bits per heavy atom. The van der Waals surface area contributed by atoms with Crippen LogP contribution >= 0.6 is 22.7 Å². The molecule has 0 unspecified atom stereocenters. The number of rotatable bonds is 5. The highest BCUT2D eigenvalue weighted by Crippen LogP contribution is 2.53. The van der Waals surface area contributed by atoms with Crippen molar-refractivity contribution in [2.45, 2.75) is 33.1 Å². The molecule has 0 saturated carbocycles. The third-order valence-corrected chi connectivity index (χ3v) is 17.9. The second-order valence-electron chi connectivity index (χ2n) is 21.1. The SMILES string of the molecule is Cc1cc2c3c(c1)N(c1ccc(C(C)(C)C)cc1-c1ccccc1)c1c(ccc4c1OCCO4)B3c1cc(-c3ccc4c(c3)sc3ccccc34)ccc1N2c1ccc(-c2ccc3c(c2)sc2ccccc23)cc1. The molecule has 0 fully saturated rings. The van der Waals surface area contributed by atoms with E-state index in [1.54, 1.807) is 0 Å². The summed E-state index contributed by atoms with van der Waals surface area (Å²) in [5.74, 6) is 1.57. The van der Waals surface area contributed by atoms with Crippen LogP contribution in [0, 0.1) is 6.92 Å². The molecule has 354 valence electrons. The second kappa shape index (κ2) is 16.5. The van der Waals surface area contributed by atoms with Gasteiger partial charge >= 0.3 is 0 Å². The Balaban J connectivity index is 0.969. The molecule has 3 aliphatic heterocycles. The predicted octanol–water partition coefficient (Wildman–Crippen LogP) is 16.9. The molecule has 5 heterocycles. The van der Waals surface area contributed by atoms with Crippen LogP contribution in [-0.2, 0) is 5.41 Å². The molecule has 12 aromatic rings. The van der Waals surface area contributed by atoms with Crippen molar-refractivity contribution in [2.75, 3.05) is 23.0 Å². The summed E-state index contributed by atoms with van der Waals surface area (Å²) in [6, 6.07) is 75.1. The van der Waals surface area contributed by atoms with E-state index in [0.717, 1.165) is 34.2 Å². The summed E-state index contributed by atoms with van der Waals surface area (Å²) in [5.41, 5.74) is 20.0. The van der Waals surface area contributed by atoms with E-state index in [4.69, 9.17) is 9.47 Å². The lowest BCUT2D eigenvalue weighted by atomic mass is 9.33. The van der Waals surface area contributed by atoms with Crippen LogP contribution in [0.15, 0.2) is 200 Å². The van der Waals surface area contributed by atoms with Crippen molar-refractivity contribution in [1.82, 2.24) is 0 Å². The first kappa shape index (κ1) is 43.5. The number of benzene rings is 10. The monoisotopic (exact) mass is 988 g/mol. The molecule has 74 heavy (non-hydrogen) atoms. The molecule has 7 heteroatoms. The van der Waals surface area contributed by atoms with Gasteiger partial charge in [0, 0.05) is 68.7 Å². The molecule has 0 radical (unpaired) electrons. The van der Waals surface area contributed by atoms with E-state index in [0.29, 0.717) is 13.2 Å². The van der Waals surface area contributed by atoms with Gasteiger partial charge < -0.3 is 19.3 Å². The number of hydrogen-bond acceptors (Lipinski definition) is 6. The molecule has 0 saturated heterocycles. The number of anilines is 6. The van der Waals surface area contributed by atoms with E-state index < -0.39 is 0 Å². The van der Waals surface area contributed by atoms with Crippen LogP contribution in [0.3, 0.4) is 0 Å². The summed E-state index contributed by atoms with van der Waals surface area (Å²) < 4.78 is 18.5. The Kier molecular flexibility index (Phi) is 9.67. The van der Waals surface area contributed by atoms with Gasteiger partial charge in [-0.25, -0.2) is 0 Å². The molecular weight excluding hydrogens is 940 g/mol. The lowest BCUT2D eigenvalue weighted by Crippen LogP contribution is -2.61. The number of aryl methyl sites for hydroxylation is 1.